The fourth-order valence-corrected chi connectivity index (χ4v) is 4.79. The molecular weight excluding hydrogens is 404 g/mol. The molecule has 7 heteroatoms. The number of rotatable bonds is 7. The number of carbonyl (C=O) groups is 1. The van der Waals surface area contributed by atoms with Gasteiger partial charge in [0.2, 0.25) is 5.91 Å². The molecule has 0 spiro atoms. The van der Waals surface area contributed by atoms with E-state index in [4.69, 9.17) is 4.74 Å². The van der Waals surface area contributed by atoms with Crippen LogP contribution in [-0.2, 0) is 11.3 Å². The fourth-order valence-electron chi connectivity index (χ4n) is 4.79. The van der Waals surface area contributed by atoms with E-state index in [0.717, 1.165) is 70.0 Å². The standard InChI is InChI=1S/C25H34N4O3/c1-32-22-9-8-21(23(30)17-22)19-27-12-4-5-20(18-27)7-10-25(31)29-15-13-28(14-16-29)24-6-2-3-11-26-24/h2-3,6,8-9,11,17,20,30H,4-5,7,10,12-16,18-19H2,1H3. The second kappa shape index (κ2) is 10.7. The number of benzene rings is 1. The van der Waals surface area contributed by atoms with E-state index in [1.54, 1.807) is 13.2 Å². The Labute approximate surface area is 190 Å². The van der Waals surface area contributed by atoms with Gasteiger partial charge in [-0.25, -0.2) is 4.98 Å². The molecule has 0 bridgehead atoms. The number of phenolic OH excluding ortho intramolecular Hbond substituents is 1. The number of aromatic nitrogens is 1. The van der Waals surface area contributed by atoms with Crippen LogP contribution in [0, 0.1) is 5.92 Å². The normalized spacial score (nSPS) is 19.7. The Hall–Kier alpha value is -2.80. The smallest absolute Gasteiger partial charge is 0.222 e. The van der Waals surface area contributed by atoms with E-state index in [0.29, 0.717) is 18.1 Å². The number of anilines is 1. The van der Waals surface area contributed by atoms with Crippen molar-refractivity contribution in [2.75, 3.05) is 51.3 Å². The number of likely N-dealkylation sites (tertiary alicyclic amines) is 1. The molecule has 1 amide bonds. The average Bonchev–Trinajstić information content (AvgIpc) is 2.84. The number of piperidine rings is 1. The van der Waals surface area contributed by atoms with E-state index >= 15 is 0 Å². The molecule has 32 heavy (non-hydrogen) atoms. The highest BCUT2D eigenvalue weighted by Crippen LogP contribution is 2.28. The topological polar surface area (TPSA) is 69.1 Å². The summed E-state index contributed by atoms with van der Waals surface area (Å²) in [6.45, 7) is 5.95. The van der Waals surface area contributed by atoms with E-state index in [-0.39, 0.29) is 11.7 Å². The summed E-state index contributed by atoms with van der Waals surface area (Å²) in [5, 5.41) is 10.3. The number of methoxy groups -OCH3 is 1. The number of piperazine rings is 1. The molecule has 7 nitrogen and oxygen atoms in total. The van der Waals surface area contributed by atoms with Gasteiger partial charge in [-0.05, 0) is 49.9 Å². The van der Waals surface area contributed by atoms with E-state index in [1.165, 1.54) is 6.42 Å². The van der Waals surface area contributed by atoms with E-state index < -0.39 is 0 Å². The Kier molecular flexibility index (Phi) is 7.47. The van der Waals surface area contributed by atoms with Crippen LogP contribution in [0.25, 0.3) is 0 Å². The molecule has 2 saturated heterocycles. The van der Waals surface area contributed by atoms with Crippen molar-refractivity contribution in [2.45, 2.75) is 32.2 Å². The summed E-state index contributed by atoms with van der Waals surface area (Å²) in [5.41, 5.74) is 0.924. The third kappa shape index (κ3) is 5.71. The van der Waals surface area contributed by atoms with Crippen molar-refractivity contribution in [1.82, 2.24) is 14.8 Å². The van der Waals surface area contributed by atoms with Crippen LogP contribution < -0.4 is 9.64 Å². The summed E-state index contributed by atoms with van der Waals surface area (Å²) in [4.78, 5) is 23.9. The second-order valence-corrected chi connectivity index (χ2v) is 8.83. The summed E-state index contributed by atoms with van der Waals surface area (Å²) < 4.78 is 5.17. The first-order valence-electron chi connectivity index (χ1n) is 11.6. The van der Waals surface area contributed by atoms with Gasteiger partial charge in [-0.1, -0.05) is 12.1 Å². The maximum atomic E-state index is 12.8. The Bertz CT molecular complexity index is 884. The van der Waals surface area contributed by atoms with Gasteiger partial charge >= 0.3 is 0 Å². The predicted octanol–water partition coefficient (Wildman–Crippen LogP) is 3.14. The van der Waals surface area contributed by atoms with Crippen molar-refractivity contribution in [3.8, 4) is 11.5 Å². The molecule has 172 valence electrons. The Morgan fingerprint density at radius 3 is 2.72 bits per heavy atom. The number of pyridine rings is 1. The van der Waals surface area contributed by atoms with Crippen LogP contribution in [0.3, 0.4) is 0 Å². The van der Waals surface area contributed by atoms with Gasteiger partial charge < -0.3 is 19.6 Å². The highest BCUT2D eigenvalue weighted by atomic mass is 16.5. The van der Waals surface area contributed by atoms with Gasteiger partial charge in [-0.3, -0.25) is 9.69 Å². The first kappa shape index (κ1) is 22.4. The predicted molar refractivity (Wildman–Crippen MR) is 125 cm³/mol. The van der Waals surface area contributed by atoms with Gasteiger partial charge in [0.05, 0.1) is 7.11 Å². The minimum atomic E-state index is 0.274. The molecule has 1 N–H and O–H groups in total. The Balaban J connectivity index is 1.21. The fraction of sp³-hybridized carbons (Fsp3) is 0.520. The highest BCUT2D eigenvalue weighted by molar-refractivity contribution is 5.76. The Morgan fingerprint density at radius 2 is 2.00 bits per heavy atom. The molecule has 3 heterocycles. The van der Waals surface area contributed by atoms with Crippen LogP contribution in [0.2, 0.25) is 0 Å². The molecule has 0 aliphatic carbocycles. The van der Waals surface area contributed by atoms with Gasteiger partial charge in [0.1, 0.15) is 17.3 Å². The zero-order valence-corrected chi connectivity index (χ0v) is 18.9. The van der Waals surface area contributed by atoms with Crippen LogP contribution in [-0.4, -0.2) is 72.2 Å². The number of carbonyl (C=O) groups excluding carboxylic acids is 1. The van der Waals surface area contributed by atoms with E-state index in [1.807, 2.05) is 41.4 Å². The maximum absolute atomic E-state index is 12.8. The summed E-state index contributed by atoms with van der Waals surface area (Å²) >= 11 is 0. The lowest BCUT2D eigenvalue weighted by Gasteiger charge is -2.36. The Morgan fingerprint density at radius 1 is 1.16 bits per heavy atom. The molecular formula is C25H34N4O3. The zero-order valence-electron chi connectivity index (χ0n) is 18.9. The van der Waals surface area contributed by atoms with Crippen LogP contribution in [0.15, 0.2) is 42.6 Å². The number of nitrogens with zero attached hydrogens (tertiary/aromatic N) is 4. The third-order valence-corrected chi connectivity index (χ3v) is 6.66. The molecule has 2 aromatic rings. The van der Waals surface area contributed by atoms with Crippen LogP contribution in [0.5, 0.6) is 11.5 Å². The lowest BCUT2D eigenvalue weighted by Crippen LogP contribution is -2.49. The van der Waals surface area contributed by atoms with Crippen LogP contribution >= 0.6 is 0 Å². The van der Waals surface area contributed by atoms with Crippen molar-refractivity contribution >= 4 is 11.7 Å². The molecule has 1 atom stereocenters. The quantitative estimate of drug-likeness (QED) is 0.716. The largest absolute Gasteiger partial charge is 0.507 e. The molecule has 1 aromatic heterocycles. The lowest BCUT2D eigenvalue weighted by molar-refractivity contribution is -0.131. The van der Waals surface area contributed by atoms with E-state index in [2.05, 4.69) is 14.8 Å². The number of ether oxygens (including phenoxy) is 1. The molecule has 2 fully saturated rings. The van der Waals surface area contributed by atoms with Crippen LogP contribution in [0.1, 0.15) is 31.2 Å². The maximum Gasteiger partial charge on any atom is 0.222 e. The van der Waals surface area contributed by atoms with Crippen LogP contribution in [0.4, 0.5) is 5.82 Å². The van der Waals surface area contributed by atoms with Crippen molar-refractivity contribution < 1.29 is 14.6 Å². The van der Waals surface area contributed by atoms with Crippen molar-refractivity contribution in [2.24, 2.45) is 5.92 Å². The summed E-state index contributed by atoms with van der Waals surface area (Å²) in [6, 6.07) is 11.5. The minimum absolute atomic E-state index is 0.274. The lowest BCUT2D eigenvalue weighted by atomic mass is 9.92. The van der Waals surface area contributed by atoms with E-state index in [9.17, 15) is 9.90 Å². The average molecular weight is 439 g/mol. The van der Waals surface area contributed by atoms with Gasteiger partial charge in [-0.15, -0.1) is 0 Å². The van der Waals surface area contributed by atoms with Crippen molar-refractivity contribution in [3.05, 3.63) is 48.2 Å². The van der Waals surface area contributed by atoms with Gasteiger partial charge in [0.25, 0.3) is 0 Å². The number of hydrogen-bond donors (Lipinski definition) is 1. The molecule has 1 unspecified atom stereocenters. The first-order chi connectivity index (χ1) is 15.6. The number of hydrogen-bond acceptors (Lipinski definition) is 6. The molecule has 2 aliphatic rings. The van der Waals surface area contributed by atoms with Crippen molar-refractivity contribution in [1.29, 1.82) is 0 Å². The molecule has 4 rings (SSSR count). The molecule has 0 radical (unpaired) electrons. The minimum Gasteiger partial charge on any atom is -0.507 e. The highest BCUT2D eigenvalue weighted by Gasteiger charge is 2.25. The molecule has 0 saturated carbocycles. The number of aromatic hydroxyl groups is 1. The zero-order chi connectivity index (χ0) is 22.3. The second-order valence-electron chi connectivity index (χ2n) is 8.83. The van der Waals surface area contributed by atoms with Gasteiger partial charge in [0, 0.05) is 63.5 Å². The molecule has 2 aliphatic heterocycles. The van der Waals surface area contributed by atoms with Gasteiger partial charge in [-0.2, -0.15) is 0 Å². The molecule has 1 aromatic carbocycles. The van der Waals surface area contributed by atoms with Gasteiger partial charge in [0.15, 0.2) is 0 Å². The number of phenols is 1. The summed E-state index contributed by atoms with van der Waals surface area (Å²) in [6.07, 6.45) is 5.68. The first-order valence-corrected chi connectivity index (χ1v) is 11.6. The third-order valence-electron chi connectivity index (χ3n) is 6.66. The summed E-state index contributed by atoms with van der Waals surface area (Å²) in [5.74, 6) is 2.75. The monoisotopic (exact) mass is 438 g/mol. The SMILES string of the molecule is COc1ccc(CN2CCCC(CCC(=O)N3CCN(c4ccccn4)CC3)C2)c(O)c1. The van der Waals surface area contributed by atoms with Crippen molar-refractivity contribution in [3.63, 3.8) is 0 Å². The summed E-state index contributed by atoms with van der Waals surface area (Å²) in [7, 11) is 1.60. The number of amides is 1.